The van der Waals surface area contributed by atoms with Gasteiger partial charge in [-0.3, -0.25) is 15.5 Å². The highest BCUT2D eigenvalue weighted by atomic mass is 35.5. The van der Waals surface area contributed by atoms with Gasteiger partial charge < -0.3 is 10.6 Å². The van der Waals surface area contributed by atoms with Crippen LogP contribution in [0.4, 0.5) is 35.2 Å². The van der Waals surface area contributed by atoms with E-state index in [1.807, 2.05) is 90.3 Å². The molecule has 0 atom stereocenters. The smallest absolute Gasteiger partial charge is 0.255 e. The van der Waals surface area contributed by atoms with Crippen molar-refractivity contribution < 1.29 is 4.79 Å². The van der Waals surface area contributed by atoms with Crippen molar-refractivity contribution >= 4 is 81.2 Å². The standard InChI is InChI=1S/C30H25ClN10OS2/c31-21-11-7-14-23(18-21)33-30-36-28(39-41(30)37-25(43)17-20-9-3-1-4-10-20)35-29-34-27(32-22-12-5-2-6-13-22)38-40(29)26(42)19-24-15-8-16-44-24/h1-16,18H,17,19H2,(H,37,43)(H3,32,33,34,35,36,38,39). The van der Waals surface area contributed by atoms with Crippen LogP contribution in [0.3, 0.4) is 0 Å². The number of nitrogens with zero attached hydrogens (tertiary/aromatic N) is 6. The van der Waals surface area contributed by atoms with Crippen LogP contribution in [0.1, 0.15) is 15.2 Å². The van der Waals surface area contributed by atoms with E-state index in [0.717, 1.165) is 16.1 Å². The number of benzene rings is 3. The van der Waals surface area contributed by atoms with Gasteiger partial charge in [0.1, 0.15) is 4.99 Å². The van der Waals surface area contributed by atoms with E-state index in [1.165, 1.54) is 20.8 Å². The first-order chi connectivity index (χ1) is 21.5. The molecule has 0 aliphatic carbocycles. The van der Waals surface area contributed by atoms with E-state index in [1.54, 1.807) is 12.1 Å². The van der Waals surface area contributed by atoms with Gasteiger partial charge in [-0.25, -0.2) is 0 Å². The van der Waals surface area contributed by atoms with E-state index < -0.39 is 0 Å². The fourth-order valence-electron chi connectivity index (χ4n) is 4.17. The third-order valence-corrected chi connectivity index (χ3v) is 7.48. The molecule has 0 amide bonds. The molecule has 44 heavy (non-hydrogen) atoms. The number of aromatic nitrogens is 6. The van der Waals surface area contributed by atoms with E-state index in [0.29, 0.717) is 28.1 Å². The fraction of sp³-hybridized carbons (Fsp3) is 0.0667. The van der Waals surface area contributed by atoms with Crippen molar-refractivity contribution in [2.75, 3.05) is 21.4 Å². The lowest BCUT2D eigenvalue weighted by Gasteiger charge is -2.11. The molecule has 0 aliphatic heterocycles. The lowest BCUT2D eigenvalue weighted by atomic mass is 10.2. The van der Waals surface area contributed by atoms with E-state index in [2.05, 4.69) is 41.5 Å². The molecule has 4 N–H and O–H groups in total. The molecule has 3 heterocycles. The summed E-state index contributed by atoms with van der Waals surface area (Å²) in [6, 6.07) is 30.3. The molecule has 0 bridgehead atoms. The van der Waals surface area contributed by atoms with E-state index in [9.17, 15) is 4.79 Å². The SMILES string of the molecule is O=C(Cc1cccs1)n1nc(Nc2ccccc2)nc1Nc1nc(Nc2cccc(Cl)c2)n(NC(=S)Cc2ccccc2)n1. The maximum Gasteiger partial charge on any atom is 0.255 e. The van der Waals surface area contributed by atoms with Crippen molar-refractivity contribution in [3.8, 4) is 0 Å². The second kappa shape index (κ2) is 13.5. The molecule has 0 unspecified atom stereocenters. The highest BCUT2D eigenvalue weighted by Crippen LogP contribution is 2.23. The Hall–Kier alpha value is -5.11. The van der Waals surface area contributed by atoms with E-state index >= 15 is 0 Å². The van der Waals surface area contributed by atoms with Crippen LogP contribution in [0.15, 0.2) is 102 Å². The number of carbonyl (C=O) groups excluding carboxylic acids is 1. The van der Waals surface area contributed by atoms with Gasteiger partial charge in [0, 0.05) is 27.7 Å². The van der Waals surface area contributed by atoms with Crippen LogP contribution < -0.4 is 21.4 Å². The summed E-state index contributed by atoms with van der Waals surface area (Å²) in [4.78, 5) is 25.4. The molecule has 220 valence electrons. The average Bonchev–Trinajstić information content (AvgIpc) is 3.75. The van der Waals surface area contributed by atoms with Gasteiger partial charge in [0.2, 0.25) is 17.8 Å². The Balaban J connectivity index is 1.30. The highest BCUT2D eigenvalue weighted by Gasteiger charge is 2.20. The van der Waals surface area contributed by atoms with Gasteiger partial charge in [-0.1, -0.05) is 84.5 Å². The number of carbonyl (C=O) groups is 1. The van der Waals surface area contributed by atoms with Gasteiger partial charge in [-0.2, -0.15) is 14.6 Å². The number of hydrogen-bond acceptors (Lipinski definition) is 10. The Morgan fingerprint density at radius 2 is 1.50 bits per heavy atom. The third-order valence-electron chi connectivity index (χ3n) is 6.13. The van der Waals surface area contributed by atoms with Gasteiger partial charge in [-0.05, 0) is 47.3 Å². The first kappa shape index (κ1) is 29.0. The Labute approximate surface area is 266 Å². The lowest BCUT2D eigenvalue weighted by Crippen LogP contribution is -2.25. The summed E-state index contributed by atoms with van der Waals surface area (Å²) >= 11 is 13.3. The summed E-state index contributed by atoms with van der Waals surface area (Å²) in [7, 11) is 0. The van der Waals surface area contributed by atoms with Crippen LogP contribution in [0.25, 0.3) is 0 Å². The van der Waals surface area contributed by atoms with Crippen molar-refractivity contribution in [2.45, 2.75) is 12.8 Å². The molecule has 6 rings (SSSR count). The lowest BCUT2D eigenvalue weighted by molar-refractivity contribution is 0.0902. The zero-order valence-corrected chi connectivity index (χ0v) is 25.4. The van der Waals surface area contributed by atoms with Crippen LogP contribution in [0.2, 0.25) is 5.02 Å². The summed E-state index contributed by atoms with van der Waals surface area (Å²) < 4.78 is 1.21. The number of thiocarbonyl (C=S) groups is 1. The highest BCUT2D eigenvalue weighted by molar-refractivity contribution is 7.80. The number of thiophene rings is 1. The van der Waals surface area contributed by atoms with Gasteiger partial charge >= 0.3 is 0 Å². The molecule has 6 aromatic rings. The minimum Gasteiger partial charge on any atom is -0.323 e. The number of nitrogens with one attached hydrogen (secondary N) is 4. The Morgan fingerprint density at radius 3 is 2.25 bits per heavy atom. The largest absolute Gasteiger partial charge is 0.323 e. The molecule has 3 aromatic carbocycles. The molecule has 0 aliphatic rings. The zero-order valence-electron chi connectivity index (χ0n) is 23.0. The van der Waals surface area contributed by atoms with Crippen LogP contribution >= 0.6 is 35.2 Å². The van der Waals surface area contributed by atoms with Crippen LogP contribution in [-0.2, 0) is 12.8 Å². The van der Waals surface area contributed by atoms with Gasteiger partial charge in [-0.15, -0.1) is 26.3 Å². The monoisotopic (exact) mass is 640 g/mol. The Morgan fingerprint density at radius 1 is 0.773 bits per heavy atom. The minimum atomic E-state index is -0.276. The summed E-state index contributed by atoms with van der Waals surface area (Å²) in [5, 5.41) is 20.9. The normalized spacial score (nSPS) is 10.8. The van der Waals surface area contributed by atoms with Gasteiger partial charge in [0.15, 0.2) is 0 Å². The van der Waals surface area contributed by atoms with Crippen molar-refractivity contribution in [2.24, 2.45) is 0 Å². The molecule has 0 saturated heterocycles. The molecule has 0 fully saturated rings. The first-order valence-corrected chi connectivity index (χ1v) is 15.1. The van der Waals surface area contributed by atoms with Gasteiger partial charge in [0.05, 0.1) is 6.42 Å². The second-order valence-corrected chi connectivity index (χ2v) is 11.4. The molecule has 0 spiro atoms. The zero-order chi connectivity index (χ0) is 30.3. The molecular weight excluding hydrogens is 616 g/mol. The average molecular weight is 641 g/mol. The van der Waals surface area contributed by atoms with Crippen LogP contribution in [0.5, 0.6) is 0 Å². The van der Waals surface area contributed by atoms with E-state index in [-0.39, 0.29) is 30.2 Å². The number of anilines is 6. The summed E-state index contributed by atoms with van der Waals surface area (Å²) in [5.74, 6) is 0.569. The first-order valence-electron chi connectivity index (χ1n) is 13.4. The van der Waals surface area contributed by atoms with E-state index in [4.69, 9.17) is 23.8 Å². The molecular formula is C30H25ClN10OS2. The fourth-order valence-corrected chi connectivity index (χ4v) is 5.30. The second-order valence-electron chi connectivity index (χ2n) is 9.44. The van der Waals surface area contributed by atoms with Crippen molar-refractivity contribution in [1.82, 2.24) is 29.6 Å². The maximum absolute atomic E-state index is 13.4. The topological polar surface area (TPSA) is 127 Å². The third kappa shape index (κ3) is 7.45. The van der Waals surface area contributed by atoms with Crippen molar-refractivity contribution in [3.63, 3.8) is 0 Å². The number of para-hydroxylation sites is 1. The maximum atomic E-state index is 13.4. The number of hydrogen-bond donors (Lipinski definition) is 4. The number of rotatable bonds is 11. The van der Waals surface area contributed by atoms with Crippen molar-refractivity contribution in [3.05, 3.63) is 118 Å². The Kier molecular flexibility index (Phi) is 8.87. The molecule has 3 aromatic heterocycles. The summed E-state index contributed by atoms with van der Waals surface area (Å²) in [5.41, 5.74) is 5.63. The predicted molar refractivity (Wildman–Crippen MR) is 179 cm³/mol. The van der Waals surface area contributed by atoms with Crippen LogP contribution in [0, 0.1) is 0 Å². The molecule has 0 saturated carbocycles. The Bertz CT molecular complexity index is 1870. The molecule has 0 radical (unpaired) electrons. The van der Waals surface area contributed by atoms with Crippen LogP contribution in [-0.4, -0.2) is 40.5 Å². The molecule has 14 heteroatoms. The predicted octanol–water partition coefficient (Wildman–Crippen LogP) is 6.81. The van der Waals surface area contributed by atoms with Gasteiger partial charge in [0.25, 0.3) is 11.9 Å². The summed E-state index contributed by atoms with van der Waals surface area (Å²) in [6.45, 7) is 0. The number of halogens is 1. The minimum absolute atomic E-state index is 0.142. The quantitative estimate of drug-likeness (QED) is 0.112. The molecule has 11 nitrogen and oxygen atoms in total. The van der Waals surface area contributed by atoms with Crippen molar-refractivity contribution in [1.29, 1.82) is 0 Å². The summed E-state index contributed by atoms with van der Waals surface area (Å²) in [6.07, 6.45) is 0.648.